The fraction of sp³-hybridized carbons (Fsp3) is 0.345. The highest BCUT2D eigenvalue weighted by molar-refractivity contribution is 7.92. The molecule has 3 aromatic rings. The van der Waals surface area contributed by atoms with Gasteiger partial charge in [0.1, 0.15) is 18.9 Å². The maximum absolute atomic E-state index is 13.6. The Hall–Kier alpha value is -3.41. The summed E-state index contributed by atoms with van der Waals surface area (Å²) < 4.78 is 60.8. The molecule has 0 aliphatic carbocycles. The topological polar surface area (TPSA) is 113 Å². The Morgan fingerprint density at radius 2 is 1.45 bits per heavy atom. The minimum absolute atomic E-state index is 0.101. The monoisotopic (exact) mass is 585 g/mol. The second kappa shape index (κ2) is 12.4. The Bertz CT molecular complexity index is 1550. The van der Waals surface area contributed by atoms with Gasteiger partial charge < -0.3 is 10.1 Å². The van der Waals surface area contributed by atoms with Crippen LogP contribution in [0, 0.1) is 20.8 Å². The van der Waals surface area contributed by atoms with Gasteiger partial charge in [-0.2, -0.15) is 4.31 Å². The highest BCUT2D eigenvalue weighted by Gasteiger charge is 2.29. The van der Waals surface area contributed by atoms with Gasteiger partial charge >= 0.3 is 0 Å². The van der Waals surface area contributed by atoms with Crippen molar-refractivity contribution in [2.24, 2.45) is 0 Å². The van der Waals surface area contributed by atoms with Crippen LogP contribution >= 0.6 is 0 Å². The Balaban J connectivity index is 1.38. The first kappa shape index (κ1) is 29.6. The Morgan fingerprint density at radius 1 is 0.850 bits per heavy atom. The van der Waals surface area contributed by atoms with E-state index in [1.807, 2.05) is 32.9 Å². The summed E-state index contributed by atoms with van der Waals surface area (Å²) in [5.74, 6) is -0.0141. The Kier molecular flexibility index (Phi) is 9.17. The summed E-state index contributed by atoms with van der Waals surface area (Å²) in [6, 6.07) is 18.1. The molecule has 1 N–H and O–H groups in total. The predicted molar refractivity (Wildman–Crippen MR) is 155 cm³/mol. The number of amides is 1. The number of benzene rings is 3. The zero-order chi connectivity index (χ0) is 28.9. The van der Waals surface area contributed by atoms with Crippen molar-refractivity contribution in [3.05, 3.63) is 83.4 Å². The molecular weight excluding hydrogens is 550 g/mol. The smallest absolute Gasteiger partial charge is 0.264 e. The molecule has 214 valence electrons. The van der Waals surface area contributed by atoms with Crippen LogP contribution in [0.1, 0.15) is 29.5 Å². The lowest BCUT2D eigenvalue weighted by molar-refractivity contribution is -0.119. The van der Waals surface area contributed by atoms with Gasteiger partial charge in [0.25, 0.3) is 10.0 Å². The summed E-state index contributed by atoms with van der Waals surface area (Å²) in [5, 5.41) is 2.72. The van der Waals surface area contributed by atoms with Crippen LogP contribution in [0.5, 0.6) is 5.75 Å². The number of nitrogens with zero attached hydrogens (tertiary/aromatic N) is 2. The van der Waals surface area contributed by atoms with Crippen molar-refractivity contribution < 1.29 is 26.4 Å². The van der Waals surface area contributed by atoms with Gasteiger partial charge in [0.2, 0.25) is 15.9 Å². The van der Waals surface area contributed by atoms with E-state index >= 15 is 0 Å². The molecule has 1 fully saturated rings. The number of ether oxygens (including phenoxy) is 1. The fourth-order valence-corrected chi connectivity index (χ4v) is 7.56. The van der Waals surface area contributed by atoms with Crippen molar-refractivity contribution in [3.63, 3.8) is 0 Å². The number of anilines is 1. The molecule has 0 unspecified atom stereocenters. The molecule has 40 heavy (non-hydrogen) atoms. The zero-order valence-electron chi connectivity index (χ0n) is 23.0. The van der Waals surface area contributed by atoms with Crippen molar-refractivity contribution >= 4 is 31.6 Å². The molecule has 0 spiro atoms. The molecule has 0 aromatic heterocycles. The maximum Gasteiger partial charge on any atom is 0.264 e. The lowest BCUT2D eigenvalue weighted by Gasteiger charge is -2.26. The van der Waals surface area contributed by atoms with Gasteiger partial charge in [-0.1, -0.05) is 35.4 Å². The van der Waals surface area contributed by atoms with Gasteiger partial charge in [-0.25, -0.2) is 16.8 Å². The quantitative estimate of drug-likeness (QED) is 0.343. The minimum atomic E-state index is -4.01. The van der Waals surface area contributed by atoms with E-state index in [0.717, 1.165) is 33.8 Å². The fourth-order valence-electron chi connectivity index (χ4n) is 4.55. The third kappa shape index (κ3) is 6.83. The van der Waals surface area contributed by atoms with Gasteiger partial charge in [-0.3, -0.25) is 9.10 Å². The van der Waals surface area contributed by atoms with E-state index < -0.39 is 32.5 Å². The van der Waals surface area contributed by atoms with Crippen molar-refractivity contribution in [1.82, 2.24) is 9.62 Å². The van der Waals surface area contributed by atoms with Crippen LogP contribution in [0.25, 0.3) is 0 Å². The number of carbonyl (C=O) groups excluding carboxylic acids is 1. The number of hydrogen-bond donors (Lipinski definition) is 1. The third-order valence-corrected chi connectivity index (χ3v) is 10.4. The van der Waals surface area contributed by atoms with Gasteiger partial charge in [0.05, 0.1) is 22.0 Å². The lowest BCUT2D eigenvalue weighted by atomic mass is 10.1. The molecule has 1 amide bonds. The molecule has 1 saturated heterocycles. The molecule has 0 bridgehead atoms. The van der Waals surface area contributed by atoms with Crippen molar-refractivity contribution in [2.75, 3.05) is 37.1 Å². The zero-order valence-corrected chi connectivity index (χ0v) is 24.6. The lowest BCUT2D eigenvalue weighted by Crippen LogP contribution is -2.42. The highest BCUT2D eigenvalue weighted by Crippen LogP contribution is 2.28. The first-order valence-corrected chi connectivity index (χ1v) is 16.0. The maximum atomic E-state index is 13.6. The summed E-state index contributed by atoms with van der Waals surface area (Å²) >= 11 is 0. The Labute approximate surface area is 236 Å². The average Bonchev–Trinajstić information content (AvgIpc) is 3.47. The van der Waals surface area contributed by atoms with Gasteiger partial charge in [-0.15, -0.1) is 0 Å². The van der Waals surface area contributed by atoms with Crippen LogP contribution in [-0.4, -0.2) is 59.8 Å². The van der Waals surface area contributed by atoms with E-state index in [9.17, 15) is 21.6 Å². The van der Waals surface area contributed by atoms with E-state index in [0.29, 0.717) is 24.5 Å². The van der Waals surface area contributed by atoms with Crippen LogP contribution in [-0.2, 0) is 24.8 Å². The number of nitrogens with one attached hydrogen (secondary N) is 1. The van der Waals surface area contributed by atoms with Crippen molar-refractivity contribution in [1.29, 1.82) is 0 Å². The molecule has 0 atom stereocenters. The van der Waals surface area contributed by atoms with E-state index in [4.69, 9.17) is 4.74 Å². The molecule has 1 aliphatic rings. The van der Waals surface area contributed by atoms with Crippen LogP contribution in [0.2, 0.25) is 0 Å². The van der Waals surface area contributed by atoms with E-state index in [2.05, 4.69) is 5.32 Å². The number of aryl methyl sites for hydroxylation is 3. The second-order valence-corrected chi connectivity index (χ2v) is 13.7. The molecule has 1 aliphatic heterocycles. The molecule has 9 nitrogen and oxygen atoms in total. The standard InChI is InChI=1S/C29H35N3O6S2/c1-22-6-11-27(12-7-22)40(36,37)32(28-15-8-23(2)20-24(28)3)21-29(33)30-16-19-38-25-9-13-26(14-10-25)39(34,35)31-17-4-5-18-31/h6-15,20H,4-5,16-19,21H2,1-3H3,(H,30,33). The van der Waals surface area contributed by atoms with Gasteiger partial charge in [0.15, 0.2) is 0 Å². The summed E-state index contributed by atoms with van der Waals surface area (Å²) in [6.07, 6.45) is 1.73. The summed E-state index contributed by atoms with van der Waals surface area (Å²) in [5.41, 5.74) is 3.08. The van der Waals surface area contributed by atoms with Crippen LogP contribution in [0.3, 0.4) is 0 Å². The molecule has 1 heterocycles. The predicted octanol–water partition coefficient (Wildman–Crippen LogP) is 3.79. The summed E-state index contributed by atoms with van der Waals surface area (Å²) in [4.78, 5) is 13.2. The van der Waals surface area contributed by atoms with E-state index in [-0.39, 0.29) is 22.9 Å². The minimum Gasteiger partial charge on any atom is -0.492 e. The van der Waals surface area contributed by atoms with Gasteiger partial charge in [-0.05, 0) is 81.6 Å². The summed E-state index contributed by atoms with van der Waals surface area (Å²) in [7, 11) is -7.51. The average molecular weight is 586 g/mol. The SMILES string of the molecule is Cc1ccc(S(=O)(=O)N(CC(=O)NCCOc2ccc(S(=O)(=O)N3CCCC3)cc2)c2ccc(C)cc2C)cc1. The summed E-state index contributed by atoms with van der Waals surface area (Å²) in [6.45, 7) is 6.54. The van der Waals surface area contributed by atoms with Crippen molar-refractivity contribution in [3.8, 4) is 5.75 Å². The largest absolute Gasteiger partial charge is 0.492 e. The first-order valence-electron chi connectivity index (χ1n) is 13.1. The molecule has 0 radical (unpaired) electrons. The first-order chi connectivity index (χ1) is 19.0. The van der Waals surface area contributed by atoms with Crippen LogP contribution in [0.15, 0.2) is 76.5 Å². The molecular formula is C29H35N3O6S2. The molecule has 3 aromatic carbocycles. The second-order valence-electron chi connectivity index (χ2n) is 9.90. The van der Waals surface area contributed by atoms with Crippen LogP contribution in [0.4, 0.5) is 5.69 Å². The van der Waals surface area contributed by atoms with E-state index in [1.165, 1.54) is 28.6 Å². The van der Waals surface area contributed by atoms with Crippen molar-refractivity contribution in [2.45, 2.75) is 43.4 Å². The molecule has 4 rings (SSSR count). The normalized spacial score (nSPS) is 14.2. The molecule has 0 saturated carbocycles. The number of carbonyl (C=O) groups is 1. The van der Waals surface area contributed by atoms with Gasteiger partial charge in [0, 0.05) is 13.1 Å². The number of rotatable bonds is 11. The highest BCUT2D eigenvalue weighted by atomic mass is 32.2. The Morgan fingerprint density at radius 3 is 2.08 bits per heavy atom. The molecule has 11 heteroatoms. The van der Waals surface area contributed by atoms with Crippen LogP contribution < -0.4 is 14.4 Å². The third-order valence-electron chi connectivity index (χ3n) is 6.74. The number of hydrogen-bond acceptors (Lipinski definition) is 6. The number of sulfonamides is 2. The van der Waals surface area contributed by atoms with E-state index in [1.54, 1.807) is 30.3 Å².